The largest absolute Gasteiger partial charge is 0.480 e. The molecule has 0 radical (unpaired) electrons. The highest BCUT2D eigenvalue weighted by Gasteiger charge is 2.19. The van der Waals surface area contributed by atoms with Crippen LogP contribution in [-0.4, -0.2) is 58.7 Å². The molecule has 1 aromatic carbocycles. The highest BCUT2D eigenvalue weighted by atomic mass is 16.5. The van der Waals surface area contributed by atoms with Crippen LogP contribution in [0.5, 0.6) is 11.6 Å². The molecular weight excluding hydrogens is 314 g/mol. The standard InChI is InChI=1S/C16H17N3O5/c1-23-8-7-19(11-15(20)21)16(22)12-3-2-4-13(9-12)24-14-10-17-5-6-18-14/h2-6,9-10H,7-8,11H2,1H3,(H,20,21). The molecule has 24 heavy (non-hydrogen) atoms. The van der Waals surface area contributed by atoms with E-state index in [1.165, 1.54) is 36.7 Å². The van der Waals surface area contributed by atoms with Crippen molar-refractivity contribution in [1.29, 1.82) is 0 Å². The van der Waals surface area contributed by atoms with Gasteiger partial charge >= 0.3 is 5.97 Å². The van der Waals surface area contributed by atoms with Crippen LogP contribution in [0.4, 0.5) is 0 Å². The Morgan fingerprint density at radius 2 is 2.12 bits per heavy atom. The van der Waals surface area contributed by atoms with Gasteiger partial charge in [-0.1, -0.05) is 6.07 Å². The Balaban J connectivity index is 2.15. The molecule has 8 heteroatoms. The van der Waals surface area contributed by atoms with Gasteiger partial charge in [0.15, 0.2) is 0 Å². The van der Waals surface area contributed by atoms with Crippen molar-refractivity contribution in [2.24, 2.45) is 0 Å². The van der Waals surface area contributed by atoms with Crippen LogP contribution in [0, 0.1) is 0 Å². The molecule has 1 aromatic heterocycles. The lowest BCUT2D eigenvalue weighted by atomic mass is 10.2. The Morgan fingerprint density at radius 1 is 1.29 bits per heavy atom. The fraction of sp³-hybridized carbons (Fsp3) is 0.250. The minimum Gasteiger partial charge on any atom is -0.480 e. The smallest absolute Gasteiger partial charge is 0.323 e. The molecule has 0 bridgehead atoms. The van der Waals surface area contributed by atoms with Crippen LogP contribution in [0.2, 0.25) is 0 Å². The lowest BCUT2D eigenvalue weighted by Gasteiger charge is -2.20. The summed E-state index contributed by atoms with van der Waals surface area (Å²) in [6, 6.07) is 6.43. The number of hydrogen-bond acceptors (Lipinski definition) is 6. The molecule has 2 rings (SSSR count). The van der Waals surface area contributed by atoms with E-state index >= 15 is 0 Å². The first-order valence-corrected chi connectivity index (χ1v) is 7.14. The minimum absolute atomic E-state index is 0.177. The van der Waals surface area contributed by atoms with Crippen molar-refractivity contribution < 1.29 is 24.2 Å². The molecule has 0 unspecified atom stereocenters. The molecular formula is C16H17N3O5. The number of benzene rings is 1. The number of nitrogens with zero attached hydrogens (tertiary/aromatic N) is 3. The van der Waals surface area contributed by atoms with Crippen molar-refractivity contribution in [1.82, 2.24) is 14.9 Å². The summed E-state index contributed by atoms with van der Waals surface area (Å²) in [6.45, 7) is 0.0170. The lowest BCUT2D eigenvalue weighted by molar-refractivity contribution is -0.137. The number of carbonyl (C=O) groups excluding carboxylic acids is 1. The Bertz CT molecular complexity index is 693. The predicted molar refractivity (Wildman–Crippen MR) is 84.0 cm³/mol. The van der Waals surface area contributed by atoms with Crippen molar-refractivity contribution in [3.63, 3.8) is 0 Å². The van der Waals surface area contributed by atoms with Gasteiger partial charge in [-0.3, -0.25) is 14.6 Å². The number of aromatic nitrogens is 2. The molecule has 8 nitrogen and oxygen atoms in total. The van der Waals surface area contributed by atoms with Gasteiger partial charge in [-0.2, -0.15) is 0 Å². The fourth-order valence-corrected chi connectivity index (χ4v) is 1.95. The molecule has 1 amide bonds. The maximum atomic E-state index is 12.5. The van der Waals surface area contributed by atoms with Gasteiger partial charge in [-0.25, -0.2) is 4.98 Å². The Hall–Kier alpha value is -3.00. The normalized spacial score (nSPS) is 10.2. The number of rotatable bonds is 8. The number of methoxy groups -OCH3 is 1. The molecule has 2 aromatic rings. The average Bonchev–Trinajstić information content (AvgIpc) is 2.59. The van der Waals surface area contributed by atoms with Crippen molar-refractivity contribution >= 4 is 11.9 Å². The third-order valence-corrected chi connectivity index (χ3v) is 3.02. The molecule has 0 atom stereocenters. The highest BCUT2D eigenvalue weighted by Crippen LogP contribution is 2.20. The van der Waals surface area contributed by atoms with Crippen molar-refractivity contribution in [2.45, 2.75) is 0 Å². The first-order chi connectivity index (χ1) is 11.6. The molecule has 1 N–H and O–H groups in total. The van der Waals surface area contributed by atoms with E-state index in [-0.39, 0.29) is 13.2 Å². The van der Waals surface area contributed by atoms with Gasteiger partial charge in [0, 0.05) is 31.6 Å². The fourth-order valence-electron chi connectivity index (χ4n) is 1.95. The summed E-state index contributed by atoms with van der Waals surface area (Å²) < 4.78 is 10.4. The zero-order valence-corrected chi connectivity index (χ0v) is 13.1. The van der Waals surface area contributed by atoms with Gasteiger partial charge in [0.1, 0.15) is 12.3 Å². The quantitative estimate of drug-likeness (QED) is 0.781. The Kier molecular flexibility index (Phi) is 6.21. The van der Waals surface area contributed by atoms with E-state index in [1.54, 1.807) is 18.2 Å². The molecule has 0 saturated heterocycles. The van der Waals surface area contributed by atoms with Crippen molar-refractivity contribution in [3.05, 3.63) is 48.4 Å². The Labute approximate surface area is 138 Å². The molecule has 0 aliphatic carbocycles. The minimum atomic E-state index is -1.09. The monoisotopic (exact) mass is 331 g/mol. The second-order valence-electron chi connectivity index (χ2n) is 4.79. The molecule has 0 aliphatic rings. The van der Waals surface area contributed by atoms with Gasteiger partial charge in [-0.05, 0) is 18.2 Å². The van der Waals surface area contributed by atoms with E-state index in [9.17, 15) is 9.59 Å². The SMILES string of the molecule is COCCN(CC(=O)O)C(=O)c1cccc(Oc2cnccn2)c1. The van der Waals surface area contributed by atoms with Gasteiger partial charge in [0.05, 0.1) is 12.8 Å². The van der Waals surface area contributed by atoms with E-state index < -0.39 is 18.4 Å². The maximum absolute atomic E-state index is 12.5. The second kappa shape index (κ2) is 8.59. The van der Waals surface area contributed by atoms with Crippen LogP contribution < -0.4 is 4.74 Å². The second-order valence-corrected chi connectivity index (χ2v) is 4.79. The van der Waals surface area contributed by atoms with Crippen LogP contribution in [0.3, 0.4) is 0 Å². The number of carbonyl (C=O) groups is 2. The van der Waals surface area contributed by atoms with E-state index in [2.05, 4.69) is 9.97 Å². The third kappa shape index (κ3) is 5.03. The van der Waals surface area contributed by atoms with Crippen LogP contribution >= 0.6 is 0 Å². The van der Waals surface area contributed by atoms with Gasteiger partial charge in [0.2, 0.25) is 5.88 Å². The van der Waals surface area contributed by atoms with Crippen molar-refractivity contribution in [2.75, 3.05) is 26.8 Å². The third-order valence-electron chi connectivity index (χ3n) is 3.02. The molecule has 0 fully saturated rings. The van der Waals surface area contributed by atoms with E-state index in [4.69, 9.17) is 14.6 Å². The first kappa shape index (κ1) is 17.4. The van der Waals surface area contributed by atoms with E-state index in [0.29, 0.717) is 17.2 Å². The summed E-state index contributed by atoms with van der Waals surface area (Å²) in [7, 11) is 1.48. The average molecular weight is 331 g/mol. The summed E-state index contributed by atoms with van der Waals surface area (Å²) in [6.07, 6.45) is 4.46. The van der Waals surface area contributed by atoms with Crippen molar-refractivity contribution in [3.8, 4) is 11.6 Å². The molecule has 1 heterocycles. The summed E-state index contributed by atoms with van der Waals surface area (Å²) in [5.41, 5.74) is 0.314. The number of hydrogen-bond donors (Lipinski definition) is 1. The summed E-state index contributed by atoms with van der Waals surface area (Å²) in [4.78, 5) is 32.5. The lowest BCUT2D eigenvalue weighted by Crippen LogP contribution is -2.38. The van der Waals surface area contributed by atoms with Gasteiger partial charge in [0.25, 0.3) is 5.91 Å². The maximum Gasteiger partial charge on any atom is 0.323 e. The van der Waals surface area contributed by atoms with Crippen LogP contribution in [0.25, 0.3) is 0 Å². The number of aliphatic carboxylic acids is 1. The summed E-state index contributed by atoms with van der Waals surface area (Å²) in [5.74, 6) is -0.808. The summed E-state index contributed by atoms with van der Waals surface area (Å²) in [5, 5.41) is 8.95. The number of carboxylic acids is 1. The van der Waals surface area contributed by atoms with Gasteiger partial charge in [-0.15, -0.1) is 0 Å². The zero-order valence-electron chi connectivity index (χ0n) is 13.1. The molecule has 126 valence electrons. The predicted octanol–water partition coefficient (Wildman–Crippen LogP) is 1.44. The number of amides is 1. The topological polar surface area (TPSA) is 102 Å². The van der Waals surface area contributed by atoms with Crippen LogP contribution in [-0.2, 0) is 9.53 Å². The zero-order chi connectivity index (χ0) is 17.4. The van der Waals surface area contributed by atoms with Crippen LogP contribution in [0.1, 0.15) is 10.4 Å². The molecule has 0 spiro atoms. The highest BCUT2D eigenvalue weighted by molar-refractivity contribution is 5.96. The number of carboxylic acid groups (broad SMARTS) is 1. The van der Waals surface area contributed by atoms with E-state index in [0.717, 1.165) is 0 Å². The van der Waals surface area contributed by atoms with E-state index in [1.807, 2.05) is 0 Å². The Morgan fingerprint density at radius 3 is 2.79 bits per heavy atom. The molecule has 0 aliphatic heterocycles. The number of ether oxygens (including phenoxy) is 2. The van der Waals surface area contributed by atoms with Gasteiger partial charge < -0.3 is 19.5 Å². The summed E-state index contributed by atoms with van der Waals surface area (Å²) >= 11 is 0. The first-order valence-electron chi connectivity index (χ1n) is 7.14. The van der Waals surface area contributed by atoms with Crippen LogP contribution in [0.15, 0.2) is 42.9 Å². The molecule has 0 saturated carbocycles.